The summed E-state index contributed by atoms with van der Waals surface area (Å²) >= 11 is 0. The van der Waals surface area contributed by atoms with Crippen molar-refractivity contribution in [3.63, 3.8) is 0 Å². The predicted octanol–water partition coefficient (Wildman–Crippen LogP) is 6.25. The Labute approximate surface area is 141 Å². The number of hydrogen-bond donors (Lipinski definition) is 0. The van der Waals surface area contributed by atoms with Crippen molar-refractivity contribution in [2.45, 2.75) is 66.7 Å². The summed E-state index contributed by atoms with van der Waals surface area (Å²) in [5.41, 5.74) is 8.02. The van der Waals surface area contributed by atoms with E-state index in [1.165, 1.54) is 47.1 Å². The lowest BCUT2D eigenvalue weighted by molar-refractivity contribution is -0.105. The monoisotopic (exact) mass is 310 g/mol. The molecule has 0 aromatic rings. The number of aldehydes is 1. The van der Waals surface area contributed by atoms with Crippen LogP contribution in [0.4, 0.5) is 0 Å². The van der Waals surface area contributed by atoms with Crippen molar-refractivity contribution in [3.8, 4) is 0 Å². The zero-order valence-corrected chi connectivity index (χ0v) is 15.3. The van der Waals surface area contributed by atoms with Crippen LogP contribution in [0.2, 0.25) is 0 Å². The molecule has 23 heavy (non-hydrogen) atoms. The minimum absolute atomic E-state index is 0.293. The average Bonchev–Trinajstić information content (AvgIpc) is 2.84. The Morgan fingerprint density at radius 1 is 1.13 bits per heavy atom. The maximum atomic E-state index is 11.0. The van der Waals surface area contributed by atoms with Crippen LogP contribution in [-0.4, -0.2) is 6.29 Å². The molecule has 0 radical (unpaired) electrons. The molecular formula is C22H30O. The largest absolute Gasteiger partial charge is 0.298 e. The van der Waals surface area contributed by atoms with E-state index < -0.39 is 0 Å². The van der Waals surface area contributed by atoms with Gasteiger partial charge in [0.05, 0.1) is 0 Å². The van der Waals surface area contributed by atoms with E-state index in [1.54, 1.807) is 0 Å². The maximum absolute atomic E-state index is 11.0. The summed E-state index contributed by atoms with van der Waals surface area (Å²) in [6.45, 7) is 11.2. The smallest absolute Gasteiger partial charge is 0.146 e. The Balaban J connectivity index is 2.14. The second kappa shape index (κ2) is 7.29. The molecule has 0 N–H and O–H groups in total. The zero-order chi connectivity index (χ0) is 17.0. The first-order chi connectivity index (χ1) is 10.8. The third kappa shape index (κ3) is 4.22. The molecule has 0 spiro atoms. The van der Waals surface area contributed by atoms with Gasteiger partial charge in [0.15, 0.2) is 0 Å². The normalized spacial score (nSPS) is 24.2. The van der Waals surface area contributed by atoms with Crippen LogP contribution in [0.5, 0.6) is 0 Å². The van der Waals surface area contributed by atoms with Gasteiger partial charge in [0.25, 0.3) is 0 Å². The summed E-state index contributed by atoms with van der Waals surface area (Å²) in [6, 6.07) is 0. The van der Waals surface area contributed by atoms with Gasteiger partial charge < -0.3 is 0 Å². The molecule has 1 nitrogen and oxygen atoms in total. The Morgan fingerprint density at radius 2 is 1.87 bits per heavy atom. The van der Waals surface area contributed by atoms with Crippen LogP contribution in [0.25, 0.3) is 0 Å². The summed E-state index contributed by atoms with van der Waals surface area (Å²) in [4.78, 5) is 11.0. The van der Waals surface area contributed by atoms with Crippen molar-refractivity contribution in [3.05, 3.63) is 57.7 Å². The van der Waals surface area contributed by atoms with Crippen LogP contribution >= 0.6 is 0 Å². The first kappa shape index (κ1) is 17.7. The van der Waals surface area contributed by atoms with Gasteiger partial charge in [-0.25, -0.2) is 0 Å². The lowest BCUT2D eigenvalue weighted by atomic mass is 9.72. The molecular weight excluding hydrogens is 280 g/mol. The Morgan fingerprint density at radius 3 is 2.48 bits per heavy atom. The van der Waals surface area contributed by atoms with Crippen LogP contribution in [-0.2, 0) is 4.79 Å². The van der Waals surface area contributed by atoms with Crippen molar-refractivity contribution in [2.75, 3.05) is 0 Å². The van der Waals surface area contributed by atoms with Gasteiger partial charge in [0.2, 0.25) is 0 Å². The molecule has 0 saturated carbocycles. The van der Waals surface area contributed by atoms with Crippen LogP contribution in [0, 0.1) is 5.41 Å². The molecule has 0 bridgehead atoms. The third-order valence-electron chi connectivity index (χ3n) is 5.37. The lowest BCUT2D eigenvalue weighted by Crippen LogP contribution is -2.19. The van der Waals surface area contributed by atoms with Gasteiger partial charge in [-0.1, -0.05) is 49.3 Å². The van der Waals surface area contributed by atoms with Gasteiger partial charge in [-0.15, -0.1) is 0 Å². The molecule has 0 fully saturated rings. The van der Waals surface area contributed by atoms with E-state index in [9.17, 15) is 4.79 Å². The van der Waals surface area contributed by atoms with Crippen LogP contribution in [0.1, 0.15) is 66.7 Å². The predicted molar refractivity (Wildman–Crippen MR) is 99.3 cm³/mol. The molecule has 2 aliphatic rings. The van der Waals surface area contributed by atoms with E-state index in [1.807, 2.05) is 0 Å². The van der Waals surface area contributed by atoms with Gasteiger partial charge in [-0.2, -0.15) is 0 Å². The lowest BCUT2D eigenvalue weighted by Gasteiger charge is -2.32. The maximum Gasteiger partial charge on any atom is 0.146 e. The molecule has 0 aliphatic heterocycles. The van der Waals surface area contributed by atoms with Gasteiger partial charge in [-0.05, 0) is 80.6 Å². The molecule has 0 heterocycles. The Bertz CT molecular complexity index is 633. The first-order valence-corrected chi connectivity index (χ1v) is 8.76. The highest BCUT2D eigenvalue weighted by atomic mass is 16.1. The van der Waals surface area contributed by atoms with Crippen molar-refractivity contribution < 1.29 is 4.79 Å². The van der Waals surface area contributed by atoms with Crippen LogP contribution in [0.15, 0.2) is 57.7 Å². The van der Waals surface area contributed by atoms with Crippen molar-refractivity contribution in [2.24, 2.45) is 5.41 Å². The fourth-order valence-corrected chi connectivity index (χ4v) is 3.72. The van der Waals surface area contributed by atoms with Crippen LogP contribution in [0.3, 0.4) is 0 Å². The summed E-state index contributed by atoms with van der Waals surface area (Å²) < 4.78 is 0. The fourth-order valence-electron chi connectivity index (χ4n) is 3.72. The third-order valence-corrected chi connectivity index (χ3v) is 5.37. The summed E-state index contributed by atoms with van der Waals surface area (Å²) in [5.74, 6) is 0. The molecule has 0 amide bonds. The highest BCUT2D eigenvalue weighted by molar-refractivity contribution is 5.78. The number of rotatable bonds is 4. The molecule has 124 valence electrons. The molecule has 0 saturated heterocycles. The molecule has 2 rings (SSSR count). The minimum Gasteiger partial charge on any atom is -0.298 e. The number of hydrogen-bond acceptors (Lipinski definition) is 1. The topological polar surface area (TPSA) is 17.1 Å². The summed E-state index contributed by atoms with van der Waals surface area (Å²) in [7, 11) is 0. The summed E-state index contributed by atoms with van der Waals surface area (Å²) in [6.07, 6.45) is 15.6. The Hall–Kier alpha value is -1.63. The first-order valence-electron chi connectivity index (χ1n) is 8.76. The van der Waals surface area contributed by atoms with Gasteiger partial charge >= 0.3 is 0 Å². The van der Waals surface area contributed by atoms with E-state index in [-0.39, 0.29) is 0 Å². The van der Waals surface area contributed by atoms with E-state index in [0.29, 0.717) is 5.41 Å². The second-order valence-electron chi connectivity index (χ2n) is 7.64. The van der Waals surface area contributed by atoms with E-state index >= 15 is 0 Å². The fraction of sp³-hybridized carbons (Fsp3) is 0.500. The van der Waals surface area contributed by atoms with Crippen LogP contribution < -0.4 is 0 Å². The SMILES string of the molecule is CC1=C(/C=C/C(C)=C/C=C2/CCC(C=O)=C2C)C(C)(C)CCC1. The number of carbonyl (C=O) groups excluding carboxylic acids is 1. The van der Waals surface area contributed by atoms with E-state index in [4.69, 9.17) is 0 Å². The van der Waals surface area contributed by atoms with Crippen molar-refractivity contribution in [1.29, 1.82) is 0 Å². The molecule has 0 aromatic heterocycles. The number of allylic oxidation sites excluding steroid dienone is 10. The standard InChI is InChI=1S/C22H30O/c1-16(8-10-19-11-12-20(15-23)18(19)3)9-13-21-17(2)7-6-14-22(21,4)5/h8-10,13,15H,6-7,11-12,14H2,1-5H3/b13-9+,16-8+,19-10-. The van der Waals surface area contributed by atoms with Crippen molar-refractivity contribution in [1.82, 2.24) is 0 Å². The van der Waals surface area contributed by atoms with E-state index in [2.05, 4.69) is 58.9 Å². The molecule has 2 aliphatic carbocycles. The van der Waals surface area contributed by atoms with Gasteiger partial charge in [-0.3, -0.25) is 4.79 Å². The highest BCUT2D eigenvalue weighted by Gasteiger charge is 2.26. The molecule has 0 unspecified atom stereocenters. The van der Waals surface area contributed by atoms with Crippen molar-refractivity contribution >= 4 is 6.29 Å². The average molecular weight is 310 g/mol. The zero-order valence-electron chi connectivity index (χ0n) is 15.3. The number of carbonyl (C=O) groups is 1. The molecule has 0 atom stereocenters. The molecule has 0 aromatic carbocycles. The van der Waals surface area contributed by atoms with Gasteiger partial charge in [0, 0.05) is 0 Å². The Kier molecular flexibility index (Phi) is 5.62. The second-order valence-corrected chi connectivity index (χ2v) is 7.64. The molecule has 1 heteroatoms. The minimum atomic E-state index is 0.293. The summed E-state index contributed by atoms with van der Waals surface area (Å²) in [5, 5.41) is 0. The quantitative estimate of drug-likeness (QED) is 0.443. The van der Waals surface area contributed by atoms with E-state index in [0.717, 1.165) is 24.7 Å². The van der Waals surface area contributed by atoms with Gasteiger partial charge in [0.1, 0.15) is 6.29 Å². The highest BCUT2D eigenvalue weighted by Crippen LogP contribution is 2.40.